The van der Waals surface area contributed by atoms with Gasteiger partial charge in [-0.1, -0.05) is 0 Å². The van der Waals surface area contributed by atoms with Crippen LogP contribution in [0.2, 0.25) is 0 Å². The van der Waals surface area contributed by atoms with E-state index >= 15 is 0 Å². The summed E-state index contributed by atoms with van der Waals surface area (Å²) >= 11 is 0. The lowest BCUT2D eigenvalue weighted by molar-refractivity contribution is -0.830. The number of hydroxylamine groups is 2. The standard InChI is InChI=1S/C6H16N2O2/c1-6(5-9,7-2)4-8(3)10/h7-9H,4-5H2,1-3H3. The smallest absolute Gasteiger partial charge is 0.0971 e. The molecule has 0 aromatic heterocycles. The second kappa shape index (κ2) is 3.88. The molecule has 0 fully saturated rings. The quantitative estimate of drug-likeness (QED) is 0.403. The minimum absolute atomic E-state index is 0.0108. The largest absolute Gasteiger partial charge is 0.634 e. The monoisotopic (exact) mass is 148 g/mol. The maximum atomic E-state index is 10.6. The van der Waals surface area contributed by atoms with Crippen LogP contribution in [0.25, 0.3) is 0 Å². The zero-order valence-corrected chi connectivity index (χ0v) is 6.77. The zero-order valence-electron chi connectivity index (χ0n) is 6.77. The first-order valence-corrected chi connectivity index (χ1v) is 3.33. The highest BCUT2D eigenvalue weighted by molar-refractivity contribution is 4.78. The molecule has 0 saturated carbocycles. The Morgan fingerprint density at radius 2 is 2.20 bits per heavy atom. The normalized spacial score (nSPS) is 20.1. The van der Waals surface area contributed by atoms with E-state index in [1.165, 1.54) is 7.05 Å². The SMILES string of the molecule is CNC(C)(CO)C[NH+](C)[O-]. The van der Waals surface area contributed by atoms with E-state index in [9.17, 15) is 5.21 Å². The Labute approximate surface area is 61.4 Å². The van der Waals surface area contributed by atoms with Crippen molar-refractivity contribution in [1.29, 1.82) is 0 Å². The van der Waals surface area contributed by atoms with Gasteiger partial charge in [-0.25, -0.2) is 0 Å². The van der Waals surface area contributed by atoms with E-state index in [4.69, 9.17) is 5.11 Å². The van der Waals surface area contributed by atoms with Gasteiger partial charge < -0.3 is 20.7 Å². The van der Waals surface area contributed by atoms with Crippen molar-refractivity contribution in [3.63, 3.8) is 0 Å². The third-order valence-corrected chi connectivity index (χ3v) is 1.59. The molecule has 0 aliphatic rings. The van der Waals surface area contributed by atoms with E-state index in [2.05, 4.69) is 5.32 Å². The highest BCUT2D eigenvalue weighted by Gasteiger charge is 2.22. The molecule has 4 nitrogen and oxygen atoms in total. The molecule has 0 radical (unpaired) electrons. The van der Waals surface area contributed by atoms with Crippen LogP contribution >= 0.6 is 0 Å². The van der Waals surface area contributed by atoms with Crippen molar-refractivity contribution in [2.24, 2.45) is 0 Å². The van der Waals surface area contributed by atoms with Crippen molar-refractivity contribution in [2.45, 2.75) is 12.5 Å². The first-order chi connectivity index (χ1) is 4.54. The van der Waals surface area contributed by atoms with Crippen LogP contribution in [0.5, 0.6) is 0 Å². The van der Waals surface area contributed by atoms with Crippen LogP contribution in [0.1, 0.15) is 6.92 Å². The molecule has 0 saturated heterocycles. The number of likely N-dealkylation sites (N-methyl/N-ethyl adjacent to an activating group) is 2. The van der Waals surface area contributed by atoms with E-state index in [1.807, 2.05) is 6.92 Å². The predicted octanol–water partition coefficient (Wildman–Crippen LogP) is -2.03. The molecule has 0 rings (SSSR count). The van der Waals surface area contributed by atoms with Crippen molar-refractivity contribution < 1.29 is 10.2 Å². The number of rotatable bonds is 4. The molecule has 4 heteroatoms. The van der Waals surface area contributed by atoms with Gasteiger partial charge in [0.15, 0.2) is 0 Å². The van der Waals surface area contributed by atoms with Crippen LogP contribution in [-0.4, -0.2) is 37.9 Å². The Morgan fingerprint density at radius 3 is 2.30 bits per heavy atom. The lowest BCUT2D eigenvalue weighted by atomic mass is 10.1. The molecule has 0 bridgehead atoms. The molecule has 0 spiro atoms. The summed E-state index contributed by atoms with van der Waals surface area (Å²) in [4.78, 5) is 0. The van der Waals surface area contributed by atoms with Crippen LogP contribution in [0.4, 0.5) is 0 Å². The fourth-order valence-electron chi connectivity index (χ4n) is 0.773. The third-order valence-electron chi connectivity index (χ3n) is 1.59. The van der Waals surface area contributed by atoms with Gasteiger partial charge in [0.1, 0.15) is 0 Å². The first-order valence-electron chi connectivity index (χ1n) is 3.33. The molecular formula is C6H16N2O2. The van der Waals surface area contributed by atoms with Crippen molar-refractivity contribution >= 4 is 0 Å². The van der Waals surface area contributed by atoms with Crippen molar-refractivity contribution in [3.05, 3.63) is 5.21 Å². The highest BCUT2D eigenvalue weighted by atomic mass is 16.5. The average molecular weight is 148 g/mol. The third kappa shape index (κ3) is 3.12. The summed E-state index contributed by atoms with van der Waals surface area (Å²) in [7, 11) is 3.25. The summed E-state index contributed by atoms with van der Waals surface area (Å²) in [6.07, 6.45) is 0. The lowest BCUT2D eigenvalue weighted by Crippen LogP contribution is -3.06. The van der Waals surface area contributed by atoms with Gasteiger partial charge in [0.25, 0.3) is 0 Å². The van der Waals surface area contributed by atoms with E-state index in [1.54, 1.807) is 7.05 Å². The molecule has 0 aliphatic heterocycles. The van der Waals surface area contributed by atoms with Gasteiger partial charge in [-0.15, -0.1) is 0 Å². The number of quaternary nitrogens is 1. The second-order valence-electron chi connectivity index (χ2n) is 2.85. The molecule has 2 unspecified atom stereocenters. The Kier molecular flexibility index (Phi) is 3.81. The number of hydrogen-bond acceptors (Lipinski definition) is 3. The Balaban J connectivity index is 3.80. The molecule has 0 aromatic rings. The Hall–Kier alpha value is -0.160. The van der Waals surface area contributed by atoms with E-state index in [0.717, 1.165) is 0 Å². The van der Waals surface area contributed by atoms with Crippen LogP contribution in [0.3, 0.4) is 0 Å². The molecule has 10 heavy (non-hydrogen) atoms. The summed E-state index contributed by atoms with van der Waals surface area (Å²) in [5.74, 6) is 0. The van der Waals surface area contributed by atoms with Gasteiger partial charge in [0.05, 0.1) is 25.7 Å². The Morgan fingerprint density at radius 1 is 1.70 bits per heavy atom. The molecule has 0 heterocycles. The fourth-order valence-corrected chi connectivity index (χ4v) is 0.773. The number of aliphatic hydroxyl groups is 1. The maximum absolute atomic E-state index is 10.6. The molecule has 62 valence electrons. The molecule has 3 N–H and O–H groups in total. The average Bonchev–Trinajstić information content (AvgIpc) is 1.87. The van der Waals surface area contributed by atoms with Gasteiger partial charge in [-0.05, 0) is 14.0 Å². The summed E-state index contributed by atoms with van der Waals surface area (Å²) in [6, 6.07) is 0. The summed E-state index contributed by atoms with van der Waals surface area (Å²) < 4.78 is 0. The van der Waals surface area contributed by atoms with Gasteiger partial charge in [0.2, 0.25) is 0 Å². The fraction of sp³-hybridized carbons (Fsp3) is 1.00. The number of hydrogen-bond donors (Lipinski definition) is 3. The summed E-state index contributed by atoms with van der Waals surface area (Å²) in [6.45, 7) is 2.18. The van der Waals surface area contributed by atoms with Crippen LogP contribution < -0.4 is 10.4 Å². The van der Waals surface area contributed by atoms with Gasteiger partial charge in [-0.3, -0.25) is 0 Å². The van der Waals surface area contributed by atoms with E-state index < -0.39 is 5.54 Å². The first kappa shape index (κ1) is 9.84. The number of aliphatic hydroxyl groups excluding tert-OH is 1. The highest BCUT2D eigenvalue weighted by Crippen LogP contribution is 1.95. The van der Waals surface area contributed by atoms with Crippen molar-refractivity contribution in [1.82, 2.24) is 5.32 Å². The van der Waals surface area contributed by atoms with Crippen molar-refractivity contribution in [2.75, 3.05) is 27.2 Å². The minimum atomic E-state index is -0.439. The van der Waals surface area contributed by atoms with E-state index in [-0.39, 0.29) is 11.7 Å². The number of nitrogens with one attached hydrogen (secondary N) is 2. The van der Waals surface area contributed by atoms with Gasteiger partial charge >= 0.3 is 0 Å². The Bertz CT molecular complexity index is 91.7. The second-order valence-corrected chi connectivity index (χ2v) is 2.85. The summed E-state index contributed by atoms with van der Waals surface area (Å²) in [5.41, 5.74) is -0.439. The van der Waals surface area contributed by atoms with Crippen LogP contribution in [0, 0.1) is 5.21 Å². The van der Waals surface area contributed by atoms with E-state index in [0.29, 0.717) is 6.54 Å². The molecule has 2 atom stereocenters. The van der Waals surface area contributed by atoms with Gasteiger partial charge in [0, 0.05) is 0 Å². The predicted molar refractivity (Wildman–Crippen MR) is 39.7 cm³/mol. The molecule has 0 aliphatic carbocycles. The molecular weight excluding hydrogens is 132 g/mol. The lowest BCUT2D eigenvalue weighted by Gasteiger charge is -2.30. The zero-order chi connectivity index (χ0) is 8.20. The summed E-state index contributed by atoms with van der Waals surface area (Å²) in [5, 5.41) is 22.4. The maximum Gasteiger partial charge on any atom is 0.0971 e. The molecule has 0 amide bonds. The van der Waals surface area contributed by atoms with Crippen molar-refractivity contribution in [3.8, 4) is 0 Å². The van der Waals surface area contributed by atoms with Crippen LogP contribution in [-0.2, 0) is 0 Å². The molecule has 0 aromatic carbocycles. The topological polar surface area (TPSA) is 59.8 Å². The minimum Gasteiger partial charge on any atom is -0.634 e. The van der Waals surface area contributed by atoms with Gasteiger partial charge in [-0.2, -0.15) is 0 Å². The van der Waals surface area contributed by atoms with Crippen LogP contribution in [0.15, 0.2) is 0 Å².